The monoisotopic (exact) mass is 431 g/mol. The number of carbonyl (C=O) groups is 1. The molecule has 1 unspecified atom stereocenters. The summed E-state index contributed by atoms with van der Waals surface area (Å²) in [5.41, 5.74) is 1.89. The van der Waals surface area contributed by atoms with Crippen molar-refractivity contribution in [3.05, 3.63) is 59.7 Å². The van der Waals surface area contributed by atoms with E-state index in [2.05, 4.69) is 16.0 Å². The number of alkyl halides is 3. The molecular formula is C17H16Cl3N3O2S. The Kier molecular flexibility index (Phi) is 6.94. The first-order chi connectivity index (χ1) is 12.1. The number of aryl methyl sites for hydroxylation is 1. The van der Waals surface area contributed by atoms with Gasteiger partial charge in [0.2, 0.25) is 3.79 Å². The average molecular weight is 433 g/mol. The SMILES string of the molecule is Cc1cccc(C(=O)NC(NC(=S)Nc2cccc(O)c2)C(Cl)(Cl)Cl)c1. The third-order valence-electron chi connectivity index (χ3n) is 3.26. The minimum Gasteiger partial charge on any atom is -0.508 e. The first-order valence-electron chi connectivity index (χ1n) is 7.46. The Morgan fingerprint density at radius 3 is 2.42 bits per heavy atom. The molecule has 26 heavy (non-hydrogen) atoms. The zero-order chi connectivity index (χ0) is 19.3. The molecular weight excluding hydrogens is 417 g/mol. The van der Waals surface area contributed by atoms with E-state index in [1.165, 1.54) is 12.1 Å². The van der Waals surface area contributed by atoms with Gasteiger partial charge in [0.15, 0.2) is 5.11 Å². The van der Waals surface area contributed by atoms with Gasteiger partial charge in [0.1, 0.15) is 11.9 Å². The van der Waals surface area contributed by atoms with Crippen LogP contribution in [0.1, 0.15) is 15.9 Å². The Morgan fingerprint density at radius 2 is 1.81 bits per heavy atom. The zero-order valence-corrected chi connectivity index (χ0v) is 16.7. The number of rotatable bonds is 4. The second kappa shape index (κ2) is 8.77. The third-order valence-corrected chi connectivity index (χ3v) is 4.14. The Balaban J connectivity index is 2.07. The Morgan fingerprint density at radius 1 is 1.12 bits per heavy atom. The fraction of sp³-hybridized carbons (Fsp3) is 0.176. The lowest BCUT2D eigenvalue weighted by atomic mass is 10.1. The molecule has 0 saturated carbocycles. The summed E-state index contributed by atoms with van der Waals surface area (Å²) in [6, 6.07) is 13.3. The van der Waals surface area contributed by atoms with E-state index in [4.69, 9.17) is 47.0 Å². The molecule has 2 rings (SSSR count). The highest BCUT2D eigenvalue weighted by molar-refractivity contribution is 7.80. The maximum atomic E-state index is 12.4. The van der Waals surface area contributed by atoms with Crippen molar-refractivity contribution in [1.82, 2.24) is 10.6 Å². The van der Waals surface area contributed by atoms with E-state index in [9.17, 15) is 9.90 Å². The van der Waals surface area contributed by atoms with Crippen molar-refractivity contribution in [2.45, 2.75) is 16.9 Å². The number of phenolic OH excluding ortho intramolecular Hbond substituents is 1. The molecule has 0 bridgehead atoms. The van der Waals surface area contributed by atoms with Crippen LogP contribution in [0.3, 0.4) is 0 Å². The van der Waals surface area contributed by atoms with Crippen LogP contribution < -0.4 is 16.0 Å². The van der Waals surface area contributed by atoms with Gasteiger partial charge in [0.25, 0.3) is 5.91 Å². The topological polar surface area (TPSA) is 73.4 Å². The van der Waals surface area contributed by atoms with Crippen molar-refractivity contribution in [3.63, 3.8) is 0 Å². The van der Waals surface area contributed by atoms with E-state index in [1.54, 1.807) is 30.3 Å². The maximum absolute atomic E-state index is 12.4. The zero-order valence-electron chi connectivity index (χ0n) is 13.6. The Labute approximate surface area is 171 Å². The van der Waals surface area contributed by atoms with Crippen LogP contribution in [0.25, 0.3) is 0 Å². The van der Waals surface area contributed by atoms with Gasteiger partial charge >= 0.3 is 0 Å². The lowest BCUT2D eigenvalue weighted by Crippen LogP contribution is -2.56. The molecule has 2 aromatic carbocycles. The molecule has 9 heteroatoms. The van der Waals surface area contributed by atoms with Gasteiger partial charge < -0.3 is 21.1 Å². The Bertz CT molecular complexity index is 812. The van der Waals surface area contributed by atoms with Crippen LogP contribution in [-0.4, -0.2) is 26.1 Å². The Hall–Kier alpha value is -1.73. The van der Waals surface area contributed by atoms with Gasteiger partial charge in [-0.3, -0.25) is 4.79 Å². The first-order valence-corrected chi connectivity index (χ1v) is 9.00. The number of benzene rings is 2. The highest BCUT2D eigenvalue weighted by Crippen LogP contribution is 2.29. The first kappa shape index (κ1) is 20.6. The van der Waals surface area contributed by atoms with Crippen LogP contribution in [-0.2, 0) is 0 Å². The van der Waals surface area contributed by atoms with Crippen LogP contribution in [0.15, 0.2) is 48.5 Å². The molecule has 0 aliphatic heterocycles. The van der Waals surface area contributed by atoms with Crippen molar-refractivity contribution >= 4 is 63.7 Å². The van der Waals surface area contributed by atoms with Gasteiger partial charge in [-0.1, -0.05) is 58.6 Å². The molecule has 4 N–H and O–H groups in total. The minimum absolute atomic E-state index is 0.0727. The van der Waals surface area contributed by atoms with Crippen LogP contribution >= 0.6 is 47.0 Å². The van der Waals surface area contributed by atoms with E-state index >= 15 is 0 Å². The lowest BCUT2D eigenvalue weighted by Gasteiger charge is -2.27. The molecule has 0 aliphatic rings. The fourth-order valence-corrected chi connectivity index (χ4v) is 2.65. The molecule has 0 radical (unpaired) electrons. The van der Waals surface area contributed by atoms with Crippen molar-refractivity contribution in [2.75, 3.05) is 5.32 Å². The van der Waals surface area contributed by atoms with Crippen molar-refractivity contribution in [3.8, 4) is 5.75 Å². The van der Waals surface area contributed by atoms with Gasteiger partial charge in [-0.15, -0.1) is 0 Å². The smallest absolute Gasteiger partial charge is 0.252 e. The number of halogens is 3. The summed E-state index contributed by atoms with van der Waals surface area (Å²) in [6.07, 6.45) is -1.09. The van der Waals surface area contributed by atoms with Gasteiger partial charge in [0.05, 0.1) is 0 Å². The molecule has 0 spiro atoms. The summed E-state index contributed by atoms with van der Waals surface area (Å²) in [5, 5.41) is 17.8. The van der Waals surface area contributed by atoms with Gasteiger partial charge in [-0.05, 0) is 43.4 Å². The van der Waals surface area contributed by atoms with E-state index in [-0.39, 0.29) is 10.9 Å². The number of carbonyl (C=O) groups excluding carboxylic acids is 1. The van der Waals surface area contributed by atoms with Crippen LogP contribution in [0.4, 0.5) is 5.69 Å². The molecule has 0 saturated heterocycles. The van der Waals surface area contributed by atoms with E-state index in [0.717, 1.165) is 5.56 Å². The number of amides is 1. The van der Waals surface area contributed by atoms with Crippen LogP contribution in [0.2, 0.25) is 0 Å². The molecule has 0 aromatic heterocycles. The number of hydrogen-bond donors (Lipinski definition) is 4. The van der Waals surface area contributed by atoms with E-state index < -0.39 is 15.9 Å². The average Bonchev–Trinajstić information content (AvgIpc) is 2.53. The fourth-order valence-electron chi connectivity index (χ4n) is 2.08. The molecule has 5 nitrogen and oxygen atoms in total. The molecule has 2 aromatic rings. The number of aromatic hydroxyl groups is 1. The van der Waals surface area contributed by atoms with E-state index in [1.807, 2.05) is 13.0 Å². The highest BCUT2D eigenvalue weighted by Gasteiger charge is 2.34. The molecule has 0 heterocycles. The summed E-state index contributed by atoms with van der Waals surface area (Å²) in [7, 11) is 0. The van der Waals surface area contributed by atoms with Crippen molar-refractivity contribution < 1.29 is 9.90 Å². The summed E-state index contributed by atoms with van der Waals surface area (Å²) < 4.78 is -1.86. The summed E-state index contributed by atoms with van der Waals surface area (Å²) in [5.74, 6) is -0.346. The largest absolute Gasteiger partial charge is 0.508 e. The second-order valence-electron chi connectivity index (χ2n) is 5.47. The second-order valence-corrected chi connectivity index (χ2v) is 8.24. The number of anilines is 1. The quantitative estimate of drug-likeness (QED) is 0.332. The predicted octanol–water partition coefficient (Wildman–Crippen LogP) is 4.11. The molecule has 0 fully saturated rings. The number of thiocarbonyl (C=S) groups is 1. The van der Waals surface area contributed by atoms with Gasteiger partial charge in [-0.2, -0.15) is 0 Å². The van der Waals surface area contributed by atoms with Crippen LogP contribution in [0, 0.1) is 6.92 Å². The lowest BCUT2D eigenvalue weighted by molar-refractivity contribution is 0.0934. The summed E-state index contributed by atoms with van der Waals surface area (Å²) >= 11 is 23.1. The van der Waals surface area contributed by atoms with Gasteiger partial charge in [0, 0.05) is 17.3 Å². The summed E-state index contributed by atoms with van der Waals surface area (Å²) in [6.45, 7) is 1.87. The van der Waals surface area contributed by atoms with Crippen molar-refractivity contribution in [1.29, 1.82) is 0 Å². The number of nitrogens with one attached hydrogen (secondary N) is 3. The highest BCUT2D eigenvalue weighted by atomic mass is 35.6. The molecule has 1 amide bonds. The van der Waals surface area contributed by atoms with Crippen molar-refractivity contribution in [2.24, 2.45) is 0 Å². The molecule has 138 valence electrons. The minimum atomic E-state index is -1.86. The summed E-state index contributed by atoms with van der Waals surface area (Å²) in [4.78, 5) is 12.4. The predicted molar refractivity (Wildman–Crippen MR) is 110 cm³/mol. The number of phenols is 1. The van der Waals surface area contributed by atoms with Gasteiger partial charge in [-0.25, -0.2) is 0 Å². The standard InChI is InChI=1S/C17H16Cl3N3O2S/c1-10-4-2-5-11(8-10)14(25)22-15(17(18,19)20)23-16(26)21-12-6-3-7-13(24)9-12/h2-9,15,24H,1H3,(H,22,25)(H2,21,23,26). The number of hydrogen-bond acceptors (Lipinski definition) is 3. The third kappa shape index (κ3) is 6.21. The van der Waals surface area contributed by atoms with E-state index in [0.29, 0.717) is 11.3 Å². The van der Waals surface area contributed by atoms with Crippen LogP contribution in [0.5, 0.6) is 5.75 Å². The molecule has 0 aliphatic carbocycles. The molecule has 1 atom stereocenters. The normalized spacial score (nSPS) is 12.2. The maximum Gasteiger partial charge on any atom is 0.252 e.